The van der Waals surface area contributed by atoms with E-state index in [0.29, 0.717) is 18.8 Å². The number of pyridine rings is 1. The summed E-state index contributed by atoms with van der Waals surface area (Å²) in [6.07, 6.45) is -3.90. The first-order chi connectivity index (χ1) is 10.7. The van der Waals surface area contributed by atoms with Gasteiger partial charge in [0.2, 0.25) is 5.91 Å². The number of aromatic nitrogens is 1. The molecule has 0 aliphatic rings. The highest BCUT2D eigenvalue weighted by Gasteiger charge is 2.31. The summed E-state index contributed by atoms with van der Waals surface area (Å²) >= 11 is 4.77. The van der Waals surface area contributed by atoms with Crippen molar-refractivity contribution in [1.29, 1.82) is 0 Å². The molecule has 0 aromatic carbocycles. The van der Waals surface area contributed by atoms with E-state index in [1.165, 1.54) is 23.3 Å². The summed E-state index contributed by atoms with van der Waals surface area (Å²) in [5.41, 5.74) is -1.62. The Balaban J connectivity index is 2.11. The lowest BCUT2D eigenvalue weighted by Gasteiger charge is -2.17. The molecule has 2 rings (SSSR count). The third-order valence-corrected chi connectivity index (χ3v) is 4.67. The summed E-state index contributed by atoms with van der Waals surface area (Å²) < 4.78 is 39.7. The molecule has 4 nitrogen and oxygen atoms in total. The summed E-state index contributed by atoms with van der Waals surface area (Å²) in [6.45, 7) is -0.116. The zero-order chi connectivity index (χ0) is 17.2. The Morgan fingerprint density at radius 1 is 1.30 bits per heavy atom. The Hall–Kier alpha value is -1.61. The summed E-state index contributed by atoms with van der Waals surface area (Å²) in [6, 6.07) is 5.20. The van der Waals surface area contributed by atoms with Gasteiger partial charge in [-0.25, -0.2) is 0 Å². The monoisotopic (exact) mass is 408 g/mol. The van der Waals surface area contributed by atoms with Gasteiger partial charge in [-0.05, 0) is 34.1 Å². The van der Waals surface area contributed by atoms with Gasteiger partial charge in [-0.15, -0.1) is 11.3 Å². The largest absolute Gasteiger partial charge is 0.417 e. The SMILES string of the molecule is CN(Cc1ccc(Br)s1)C(=O)Cn1cc(C(F)(F)F)ccc1=O. The van der Waals surface area contributed by atoms with Gasteiger partial charge in [-0.2, -0.15) is 13.2 Å². The van der Waals surface area contributed by atoms with Crippen molar-refractivity contribution in [3.63, 3.8) is 0 Å². The van der Waals surface area contributed by atoms with Crippen LogP contribution in [0.25, 0.3) is 0 Å². The second-order valence-corrected chi connectivity index (χ2v) is 7.38. The Bertz CT molecular complexity index is 770. The lowest BCUT2D eigenvalue weighted by Crippen LogP contribution is -2.33. The van der Waals surface area contributed by atoms with Crippen molar-refractivity contribution in [3.05, 3.63) is 55.0 Å². The van der Waals surface area contributed by atoms with Crippen molar-refractivity contribution in [2.75, 3.05) is 7.05 Å². The van der Waals surface area contributed by atoms with Gasteiger partial charge >= 0.3 is 6.18 Å². The molecule has 9 heteroatoms. The number of alkyl halides is 3. The fraction of sp³-hybridized carbons (Fsp3) is 0.286. The molecule has 0 saturated heterocycles. The second kappa shape index (κ2) is 6.88. The van der Waals surface area contributed by atoms with Gasteiger partial charge in [0.05, 0.1) is 15.9 Å². The molecular weight excluding hydrogens is 397 g/mol. The molecule has 0 spiro atoms. The van der Waals surface area contributed by atoms with Crippen LogP contribution in [0.2, 0.25) is 0 Å². The number of halogens is 4. The van der Waals surface area contributed by atoms with Crippen LogP contribution in [0, 0.1) is 0 Å². The summed E-state index contributed by atoms with van der Waals surface area (Å²) in [4.78, 5) is 26.0. The molecule has 2 heterocycles. The van der Waals surface area contributed by atoms with Gasteiger partial charge in [-0.3, -0.25) is 9.59 Å². The van der Waals surface area contributed by atoms with E-state index < -0.39 is 29.8 Å². The van der Waals surface area contributed by atoms with Crippen molar-refractivity contribution in [1.82, 2.24) is 9.47 Å². The summed E-state index contributed by atoms with van der Waals surface area (Å²) in [5, 5.41) is 0. The highest BCUT2D eigenvalue weighted by molar-refractivity contribution is 9.11. The molecule has 0 saturated carbocycles. The number of hydrogen-bond acceptors (Lipinski definition) is 3. The number of nitrogens with zero attached hydrogens (tertiary/aromatic N) is 2. The summed E-state index contributed by atoms with van der Waals surface area (Å²) in [5.74, 6) is -0.448. The Morgan fingerprint density at radius 3 is 2.57 bits per heavy atom. The van der Waals surface area contributed by atoms with E-state index in [4.69, 9.17) is 0 Å². The first kappa shape index (κ1) is 17.7. The highest BCUT2D eigenvalue weighted by Crippen LogP contribution is 2.28. The molecule has 0 atom stereocenters. The number of carbonyl (C=O) groups excluding carboxylic acids is 1. The minimum Gasteiger partial charge on any atom is -0.339 e. The van der Waals surface area contributed by atoms with E-state index in [9.17, 15) is 22.8 Å². The Kier molecular flexibility index (Phi) is 5.30. The Labute approximate surface area is 142 Å². The average Bonchev–Trinajstić information content (AvgIpc) is 2.85. The first-order valence-corrected chi connectivity index (χ1v) is 8.03. The first-order valence-electron chi connectivity index (χ1n) is 6.42. The predicted octanol–water partition coefficient (Wildman–Crippen LogP) is 3.35. The third kappa shape index (κ3) is 4.68. The van der Waals surface area contributed by atoms with Gasteiger partial charge in [0.1, 0.15) is 6.54 Å². The molecule has 1 amide bonds. The van der Waals surface area contributed by atoms with Gasteiger partial charge in [0.15, 0.2) is 0 Å². The second-order valence-electron chi connectivity index (χ2n) is 4.84. The molecule has 23 heavy (non-hydrogen) atoms. The molecule has 0 bridgehead atoms. The number of likely N-dealkylation sites (N-methyl/N-ethyl adjacent to an activating group) is 1. The van der Waals surface area contributed by atoms with Crippen molar-refractivity contribution in [3.8, 4) is 0 Å². The minimum atomic E-state index is -4.56. The molecule has 0 N–H and O–H groups in total. The molecule has 0 radical (unpaired) electrons. The smallest absolute Gasteiger partial charge is 0.339 e. The van der Waals surface area contributed by atoms with Crippen molar-refractivity contribution in [2.45, 2.75) is 19.3 Å². The molecular formula is C14H12BrF3N2O2S. The molecule has 0 aliphatic heterocycles. The number of rotatable bonds is 4. The fourth-order valence-electron chi connectivity index (χ4n) is 1.85. The molecule has 2 aromatic heterocycles. The van der Waals surface area contributed by atoms with E-state index in [2.05, 4.69) is 15.9 Å². The molecule has 0 aliphatic carbocycles. The lowest BCUT2D eigenvalue weighted by molar-refractivity contribution is -0.138. The topological polar surface area (TPSA) is 42.3 Å². The van der Waals surface area contributed by atoms with Gasteiger partial charge in [-0.1, -0.05) is 0 Å². The van der Waals surface area contributed by atoms with Crippen LogP contribution in [0.15, 0.2) is 39.0 Å². The number of thiophene rings is 1. The zero-order valence-electron chi connectivity index (χ0n) is 11.9. The lowest BCUT2D eigenvalue weighted by atomic mass is 10.2. The maximum absolute atomic E-state index is 12.7. The van der Waals surface area contributed by atoms with Gasteiger partial charge in [0, 0.05) is 24.2 Å². The molecule has 0 fully saturated rings. The summed E-state index contributed by atoms with van der Waals surface area (Å²) in [7, 11) is 1.54. The number of carbonyl (C=O) groups is 1. The van der Waals surface area contributed by atoms with Crippen molar-refractivity contribution in [2.24, 2.45) is 0 Å². The molecule has 124 valence electrons. The van der Waals surface area contributed by atoms with E-state index in [0.717, 1.165) is 19.3 Å². The van der Waals surface area contributed by atoms with Crippen LogP contribution < -0.4 is 5.56 Å². The normalized spacial score (nSPS) is 11.5. The molecule has 2 aromatic rings. The van der Waals surface area contributed by atoms with Crippen LogP contribution in [-0.2, 0) is 24.1 Å². The standard InChI is InChI=1S/C14H12BrF3N2O2S/c1-19(7-10-3-4-11(15)23-10)13(22)8-20-6-9(14(16,17)18)2-5-12(20)21/h2-6H,7-8H2,1H3. The average molecular weight is 409 g/mol. The quantitative estimate of drug-likeness (QED) is 0.778. The van der Waals surface area contributed by atoms with E-state index in [1.54, 1.807) is 0 Å². The number of hydrogen-bond donors (Lipinski definition) is 0. The van der Waals surface area contributed by atoms with Crippen LogP contribution in [-0.4, -0.2) is 22.4 Å². The van der Waals surface area contributed by atoms with Crippen molar-refractivity contribution < 1.29 is 18.0 Å². The zero-order valence-corrected chi connectivity index (χ0v) is 14.3. The van der Waals surface area contributed by atoms with Crippen molar-refractivity contribution >= 4 is 33.2 Å². The maximum Gasteiger partial charge on any atom is 0.417 e. The van der Waals surface area contributed by atoms with Crippen LogP contribution in [0.3, 0.4) is 0 Å². The van der Waals surface area contributed by atoms with Crippen LogP contribution in [0.4, 0.5) is 13.2 Å². The third-order valence-electron chi connectivity index (χ3n) is 3.06. The Morgan fingerprint density at radius 2 is 2.00 bits per heavy atom. The van der Waals surface area contributed by atoms with Gasteiger partial charge in [0.25, 0.3) is 5.56 Å². The number of amides is 1. The van der Waals surface area contributed by atoms with E-state index >= 15 is 0 Å². The van der Waals surface area contributed by atoms with Gasteiger partial charge < -0.3 is 9.47 Å². The van der Waals surface area contributed by atoms with Crippen LogP contribution in [0.1, 0.15) is 10.4 Å². The van der Waals surface area contributed by atoms with E-state index in [-0.39, 0.29) is 0 Å². The van der Waals surface area contributed by atoms with Crippen LogP contribution in [0.5, 0.6) is 0 Å². The van der Waals surface area contributed by atoms with Crippen LogP contribution >= 0.6 is 27.3 Å². The minimum absolute atomic E-state index is 0.322. The highest BCUT2D eigenvalue weighted by atomic mass is 79.9. The maximum atomic E-state index is 12.7. The molecule has 0 unspecified atom stereocenters. The predicted molar refractivity (Wildman–Crippen MR) is 84.2 cm³/mol. The fourth-order valence-corrected chi connectivity index (χ4v) is 3.38. The van der Waals surface area contributed by atoms with E-state index in [1.807, 2.05) is 12.1 Å².